The van der Waals surface area contributed by atoms with E-state index in [4.69, 9.17) is 5.11 Å². The summed E-state index contributed by atoms with van der Waals surface area (Å²) in [7, 11) is 0. The molecule has 1 amide bonds. The van der Waals surface area contributed by atoms with E-state index in [9.17, 15) is 9.59 Å². The van der Waals surface area contributed by atoms with Crippen molar-refractivity contribution in [1.29, 1.82) is 0 Å². The van der Waals surface area contributed by atoms with E-state index in [2.05, 4.69) is 27.9 Å². The minimum atomic E-state index is -1.02. The van der Waals surface area contributed by atoms with Crippen LogP contribution in [0.3, 0.4) is 0 Å². The molecule has 0 bridgehead atoms. The number of hydrogen-bond donors (Lipinski definition) is 2. The van der Waals surface area contributed by atoms with Crippen molar-refractivity contribution in [3.63, 3.8) is 0 Å². The van der Waals surface area contributed by atoms with Crippen LogP contribution < -0.4 is 5.32 Å². The number of carbonyl (C=O) groups excluding carboxylic acids is 1. The minimum Gasteiger partial charge on any atom is -0.480 e. The number of aliphatic carboxylic acids is 1. The molecule has 0 saturated heterocycles. The van der Waals surface area contributed by atoms with Crippen molar-refractivity contribution < 1.29 is 14.7 Å². The van der Waals surface area contributed by atoms with Gasteiger partial charge in [-0.2, -0.15) is 0 Å². The summed E-state index contributed by atoms with van der Waals surface area (Å²) in [6.07, 6.45) is 0. The lowest BCUT2D eigenvalue weighted by Crippen LogP contribution is -2.40. The second-order valence-electron chi connectivity index (χ2n) is 3.09. The van der Waals surface area contributed by atoms with Gasteiger partial charge in [-0.05, 0) is 0 Å². The molecule has 0 rings (SSSR count). The van der Waals surface area contributed by atoms with Crippen molar-refractivity contribution in [3.05, 3.63) is 0 Å². The molecule has 5 heteroatoms. The molecule has 0 atom stereocenters. The van der Waals surface area contributed by atoms with E-state index in [0.29, 0.717) is 4.43 Å². The average Bonchev–Trinajstić information content (AvgIpc) is 2.00. The standard InChI is InChI=1S/C7H12INO3/c1-7(2,4-8)6(12)9-3-5(10)11/h3-4H2,1-2H3,(H,9,12)(H,10,11). The third-order valence-electron chi connectivity index (χ3n) is 1.35. The predicted molar refractivity (Wildman–Crippen MR) is 53.3 cm³/mol. The third-order valence-corrected chi connectivity index (χ3v) is 3.26. The molecule has 0 aromatic carbocycles. The first-order chi connectivity index (χ1) is 5.40. The van der Waals surface area contributed by atoms with Crippen molar-refractivity contribution >= 4 is 34.5 Å². The van der Waals surface area contributed by atoms with Crippen molar-refractivity contribution in [1.82, 2.24) is 5.32 Å². The van der Waals surface area contributed by atoms with Gasteiger partial charge in [0, 0.05) is 4.43 Å². The van der Waals surface area contributed by atoms with Crippen LogP contribution in [0.25, 0.3) is 0 Å². The molecule has 12 heavy (non-hydrogen) atoms. The van der Waals surface area contributed by atoms with E-state index in [-0.39, 0.29) is 12.5 Å². The SMILES string of the molecule is CC(C)(CI)C(=O)NCC(=O)O. The highest BCUT2D eigenvalue weighted by Crippen LogP contribution is 2.17. The second-order valence-corrected chi connectivity index (χ2v) is 3.86. The van der Waals surface area contributed by atoms with Crippen LogP contribution in [0, 0.1) is 5.41 Å². The molecular weight excluding hydrogens is 273 g/mol. The number of halogens is 1. The smallest absolute Gasteiger partial charge is 0.322 e. The van der Waals surface area contributed by atoms with E-state index in [0.717, 1.165) is 0 Å². The van der Waals surface area contributed by atoms with Gasteiger partial charge in [0.1, 0.15) is 6.54 Å². The van der Waals surface area contributed by atoms with E-state index in [1.54, 1.807) is 13.8 Å². The van der Waals surface area contributed by atoms with Crippen LogP contribution in [0.15, 0.2) is 0 Å². The van der Waals surface area contributed by atoms with E-state index in [1.165, 1.54) is 0 Å². The monoisotopic (exact) mass is 285 g/mol. The Bertz CT molecular complexity index is 191. The molecule has 70 valence electrons. The second kappa shape index (κ2) is 4.64. The van der Waals surface area contributed by atoms with Crippen LogP contribution in [0.2, 0.25) is 0 Å². The number of rotatable bonds is 4. The molecule has 0 saturated carbocycles. The first-order valence-electron chi connectivity index (χ1n) is 3.46. The first kappa shape index (κ1) is 11.7. The van der Waals surface area contributed by atoms with Gasteiger partial charge in [-0.3, -0.25) is 9.59 Å². The highest BCUT2D eigenvalue weighted by atomic mass is 127. The van der Waals surface area contributed by atoms with E-state index in [1.807, 2.05) is 0 Å². The van der Waals surface area contributed by atoms with Gasteiger partial charge in [0.05, 0.1) is 5.41 Å². The number of carboxylic acids is 1. The quantitative estimate of drug-likeness (QED) is 0.588. The summed E-state index contributed by atoms with van der Waals surface area (Å²) in [4.78, 5) is 21.3. The molecule has 0 aliphatic heterocycles. The normalized spacial score (nSPS) is 10.9. The van der Waals surface area contributed by atoms with Crippen molar-refractivity contribution in [2.45, 2.75) is 13.8 Å². The number of alkyl halides is 1. The Kier molecular flexibility index (Phi) is 4.51. The molecule has 0 radical (unpaired) electrons. The summed E-state index contributed by atoms with van der Waals surface area (Å²) in [6, 6.07) is 0. The zero-order valence-corrected chi connectivity index (χ0v) is 9.21. The lowest BCUT2D eigenvalue weighted by Gasteiger charge is -2.19. The van der Waals surface area contributed by atoms with Crippen LogP contribution in [-0.2, 0) is 9.59 Å². The van der Waals surface area contributed by atoms with Crippen LogP contribution in [-0.4, -0.2) is 28.0 Å². The van der Waals surface area contributed by atoms with E-state index >= 15 is 0 Å². The lowest BCUT2D eigenvalue weighted by atomic mass is 9.96. The highest BCUT2D eigenvalue weighted by molar-refractivity contribution is 14.1. The summed E-state index contributed by atoms with van der Waals surface area (Å²) in [6.45, 7) is 3.24. The predicted octanol–water partition coefficient (Wildman–Crippen LogP) is 0.648. The molecule has 0 spiro atoms. The van der Waals surface area contributed by atoms with Gasteiger partial charge in [-0.15, -0.1) is 0 Å². The zero-order chi connectivity index (χ0) is 9.78. The van der Waals surface area contributed by atoms with Gasteiger partial charge < -0.3 is 10.4 Å². The van der Waals surface area contributed by atoms with Gasteiger partial charge in [0.25, 0.3) is 0 Å². The van der Waals surface area contributed by atoms with Gasteiger partial charge in [-0.25, -0.2) is 0 Å². The largest absolute Gasteiger partial charge is 0.480 e. The summed E-state index contributed by atoms with van der Waals surface area (Å²) < 4.78 is 0.663. The van der Waals surface area contributed by atoms with Gasteiger partial charge in [0.15, 0.2) is 0 Å². The molecule has 0 aromatic heterocycles. The third kappa shape index (κ3) is 3.89. The first-order valence-corrected chi connectivity index (χ1v) is 4.99. The van der Waals surface area contributed by atoms with Crippen molar-refractivity contribution in [3.8, 4) is 0 Å². The maximum atomic E-state index is 11.2. The Morgan fingerprint density at radius 1 is 1.50 bits per heavy atom. The van der Waals surface area contributed by atoms with Crippen LogP contribution in [0.1, 0.15) is 13.8 Å². The number of amides is 1. The fraction of sp³-hybridized carbons (Fsp3) is 0.714. The van der Waals surface area contributed by atoms with Gasteiger partial charge in [0.2, 0.25) is 5.91 Å². The Morgan fingerprint density at radius 3 is 2.33 bits per heavy atom. The van der Waals surface area contributed by atoms with Crippen molar-refractivity contribution in [2.75, 3.05) is 11.0 Å². The van der Waals surface area contributed by atoms with Crippen LogP contribution in [0.5, 0.6) is 0 Å². The Morgan fingerprint density at radius 2 is 2.00 bits per heavy atom. The molecule has 0 aliphatic carbocycles. The number of carboxylic acid groups (broad SMARTS) is 1. The van der Waals surface area contributed by atoms with E-state index < -0.39 is 11.4 Å². The van der Waals surface area contributed by atoms with Crippen molar-refractivity contribution in [2.24, 2.45) is 5.41 Å². The highest BCUT2D eigenvalue weighted by Gasteiger charge is 2.25. The Labute approximate surface area is 84.9 Å². The summed E-state index contributed by atoms with van der Waals surface area (Å²) in [5, 5.41) is 10.6. The maximum absolute atomic E-state index is 11.2. The fourth-order valence-electron chi connectivity index (χ4n) is 0.456. The maximum Gasteiger partial charge on any atom is 0.322 e. The summed E-state index contributed by atoms with van der Waals surface area (Å²) in [5.41, 5.74) is -0.490. The summed E-state index contributed by atoms with van der Waals surface area (Å²) >= 11 is 2.09. The lowest BCUT2D eigenvalue weighted by molar-refractivity contribution is -0.139. The molecule has 0 heterocycles. The number of carbonyl (C=O) groups is 2. The molecule has 0 aromatic rings. The molecule has 4 nitrogen and oxygen atoms in total. The average molecular weight is 285 g/mol. The van der Waals surface area contributed by atoms with Crippen LogP contribution >= 0.6 is 22.6 Å². The minimum absolute atomic E-state index is 0.223. The molecule has 0 unspecified atom stereocenters. The molecule has 0 aliphatic rings. The topological polar surface area (TPSA) is 66.4 Å². The molecule has 0 fully saturated rings. The zero-order valence-electron chi connectivity index (χ0n) is 7.06. The molecular formula is C7H12INO3. The van der Waals surface area contributed by atoms with Crippen LogP contribution in [0.4, 0.5) is 0 Å². The Balaban J connectivity index is 3.96. The Hall–Kier alpha value is -0.330. The fourth-order valence-corrected chi connectivity index (χ4v) is 0.802. The van der Waals surface area contributed by atoms with Gasteiger partial charge in [-0.1, -0.05) is 36.4 Å². The number of hydrogen-bond acceptors (Lipinski definition) is 2. The number of nitrogens with one attached hydrogen (secondary N) is 1. The molecule has 2 N–H and O–H groups in total. The van der Waals surface area contributed by atoms with Gasteiger partial charge >= 0.3 is 5.97 Å². The summed E-state index contributed by atoms with van der Waals surface area (Å²) in [5.74, 6) is -1.24.